The fourth-order valence-corrected chi connectivity index (χ4v) is 2.91. The maximum absolute atomic E-state index is 12.3. The zero-order valence-electron chi connectivity index (χ0n) is 11.3. The van der Waals surface area contributed by atoms with E-state index in [1.165, 1.54) is 0 Å². The van der Waals surface area contributed by atoms with Crippen LogP contribution in [-0.4, -0.2) is 41.4 Å². The molecule has 20 heavy (non-hydrogen) atoms. The Hall–Kier alpha value is -1.51. The van der Waals surface area contributed by atoms with Crippen LogP contribution in [0.1, 0.15) is 23.2 Å². The Labute approximate surface area is 123 Å². The number of thioether (sulfide) groups is 1. The Balaban J connectivity index is 1.94. The first-order valence-corrected chi connectivity index (χ1v) is 7.75. The highest BCUT2D eigenvalue weighted by Gasteiger charge is 2.23. The summed E-state index contributed by atoms with van der Waals surface area (Å²) in [7, 11) is 0. The topological polar surface area (TPSA) is 64.3 Å². The van der Waals surface area contributed by atoms with E-state index in [-0.39, 0.29) is 18.4 Å². The number of aliphatic hydroxyl groups is 1. The van der Waals surface area contributed by atoms with Gasteiger partial charge in [0, 0.05) is 35.2 Å². The lowest BCUT2D eigenvalue weighted by molar-refractivity contribution is 0.0707. The fraction of sp³-hybridized carbons (Fsp3) is 0.467. The van der Waals surface area contributed by atoms with Gasteiger partial charge < -0.3 is 10.0 Å². The quantitative estimate of drug-likeness (QED) is 0.863. The zero-order chi connectivity index (χ0) is 14.4. The number of hydrogen-bond donors (Lipinski definition) is 1. The van der Waals surface area contributed by atoms with E-state index in [1.54, 1.807) is 11.8 Å². The molecule has 1 fully saturated rings. The summed E-state index contributed by atoms with van der Waals surface area (Å²) < 4.78 is 0. The van der Waals surface area contributed by atoms with Crippen LogP contribution in [0.4, 0.5) is 0 Å². The van der Waals surface area contributed by atoms with Crippen LogP contribution in [0.2, 0.25) is 0 Å². The summed E-state index contributed by atoms with van der Waals surface area (Å²) in [5.74, 6) is 0.797. The van der Waals surface area contributed by atoms with Crippen LogP contribution in [0.15, 0.2) is 29.2 Å². The molecule has 0 atom stereocenters. The lowest BCUT2D eigenvalue weighted by atomic mass is 9.98. The number of nitrogens with zero attached hydrogens (tertiary/aromatic N) is 2. The molecule has 1 aromatic rings. The van der Waals surface area contributed by atoms with Gasteiger partial charge in [0.15, 0.2) is 0 Å². The first-order valence-electron chi connectivity index (χ1n) is 6.77. The smallest absolute Gasteiger partial charge is 0.253 e. The number of carbonyl (C=O) groups excluding carboxylic acids is 1. The van der Waals surface area contributed by atoms with Crippen LogP contribution >= 0.6 is 11.8 Å². The van der Waals surface area contributed by atoms with E-state index in [2.05, 4.69) is 6.07 Å². The predicted octanol–water partition coefficient (Wildman–Crippen LogP) is 2.15. The van der Waals surface area contributed by atoms with E-state index in [9.17, 15) is 4.79 Å². The van der Waals surface area contributed by atoms with Crippen LogP contribution in [0.25, 0.3) is 0 Å². The zero-order valence-corrected chi connectivity index (χ0v) is 12.1. The third-order valence-electron chi connectivity index (χ3n) is 3.43. The van der Waals surface area contributed by atoms with Gasteiger partial charge in [-0.25, -0.2) is 0 Å². The molecule has 1 N–H and O–H groups in total. The first kappa shape index (κ1) is 14.9. The monoisotopic (exact) mass is 290 g/mol. The average molecular weight is 290 g/mol. The second-order valence-corrected chi connectivity index (χ2v) is 5.96. The van der Waals surface area contributed by atoms with Crippen molar-refractivity contribution in [3.8, 4) is 6.07 Å². The summed E-state index contributed by atoms with van der Waals surface area (Å²) in [6, 6.07) is 9.76. The van der Waals surface area contributed by atoms with Crippen LogP contribution in [-0.2, 0) is 0 Å². The first-order chi connectivity index (χ1) is 9.74. The van der Waals surface area contributed by atoms with Crippen molar-refractivity contribution in [2.75, 3.05) is 25.4 Å². The lowest BCUT2D eigenvalue weighted by Crippen LogP contribution is -2.38. The molecular formula is C15H18N2O2S. The molecule has 1 aliphatic rings. The van der Waals surface area contributed by atoms with Crippen molar-refractivity contribution < 1.29 is 9.90 Å². The second kappa shape index (κ2) is 7.32. The van der Waals surface area contributed by atoms with Gasteiger partial charge in [-0.3, -0.25) is 4.79 Å². The van der Waals surface area contributed by atoms with Gasteiger partial charge >= 0.3 is 0 Å². The number of rotatable bonds is 4. The van der Waals surface area contributed by atoms with Crippen LogP contribution in [0.3, 0.4) is 0 Å². The molecule has 0 unspecified atom stereocenters. The van der Waals surface area contributed by atoms with E-state index in [0.29, 0.717) is 24.4 Å². The van der Waals surface area contributed by atoms with Crippen LogP contribution in [0, 0.1) is 17.2 Å². The van der Waals surface area contributed by atoms with Crippen LogP contribution < -0.4 is 0 Å². The molecule has 0 radical (unpaired) electrons. The van der Waals surface area contributed by atoms with E-state index in [0.717, 1.165) is 17.7 Å². The Bertz CT molecular complexity index is 488. The number of aliphatic hydroxyl groups excluding tert-OH is 1. The molecule has 0 bridgehead atoms. The minimum absolute atomic E-state index is 0.0418. The largest absolute Gasteiger partial charge is 0.396 e. The molecule has 0 spiro atoms. The molecule has 1 aromatic carbocycles. The van der Waals surface area contributed by atoms with Gasteiger partial charge in [-0.15, -0.1) is 11.8 Å². The van der Waals surface area contributed by atoms with Gasteiger partial charge in [0.2, 0.25) is 0 Å². The normalized spacial score (nSPS) is 15.9. The molecule has 4 nitrogen and oxygen atoms in total. The van der Waals surface area contributed by atoms with E-state index >= 15 is 0 Å². The van der Waals surface area contributed by atoms with Crippen molar-refractivity contribution in [2.24, 2.45) is 5.92 Å². The molecule has 106 valence electrons. The highest BCUT2D eigenvalue weighted by molar-refractivity contribution is 7.99. The SMILES string of the molecule is N#CC1CCN(C(=O)c2ccc(SCCO)cc2)CC1. The molecule has 5 heteroatoms. The maximum Gasteiger partial charge on any atom is 0.253 e. The van der Waals surface area contributed by atoms with Gasteiger partial charge in [0.1, 0.15) is 0 Å². The number of amides is 1. The predicted molar refractivity (Wildman–Crippen MR) is 78.5 cm³/mol. The van der Waals surface area contributed by atoms with Gasteiger partial charge in [-0.1, -0.05) is 0 Å². The molecular weight excluding hydrogens is 272 g/mol. The van der Waals surface area contributed by atoms with Gasteiger partial charge in [0.25, 0.3) is 5.91 Å². The van der Waals surface area contributed by atoms with Crippen LogP contribution in [0.5, 0.6) is 0 Å². The molecule has 1 saturated heterocycles. The van der Waals surface area contributed by atoms with E-state index in [1.807, 2.05) is 29.2 Å². The number of nitriles is 1. The molecule has 1 heterocycles. The summed E-state index contributed by atoms with van der Waals surface area (Å²) in [5.41, 5.74) is 0.689. The third kappa shape index (κ3) is 3.75. The van der Waals surface area contributed by atoms with Crippen molar-refractivity contribution in [3.63, 3.8) is 0 Å². The summed E-state index contributed by atoms with van der Waals surface area (Å²) >= 11 is 1.57. The lowest BCUT2D eigenvalue weighted by Gasteiger charge is -2.29. The van der Waals surface area contributed by atoms with Crippen molar-refractivity contribution in [3.05, 3.63) is 29.8 Å². The standard InChI is InChI=1S/C15H18N2O2S/c16-11-12-5-7-17(8-6-12)15(19)13-1-3-14(4-2-13)20-10-9-18/h1-4,12,18H,5-10H2. The summed E-state index contributed by atoms with van der Waals surface area (Å²) in [6.45, 7) is 1.48. The Kier molecular flexibility index (Phi) is 5.45. The summed E-state index contributed by atoms with van der Waals surface area (Å²) in [6.07, 6.45) is 1.54. The Morgan fingerprint density at radius 3 is 2.55 bits per heavy atom. The van der Waals surface area contributed by atoms with Crippen molar-refractivity contribution in [1.29, 1.82) is 5.26 Å². The molecule has 0 aliphatic carbocycles. The fourth-order valence-electron chi connectivity index (χ4n) is 2.25. The van der Waals surface area contributed by atoms with E-state index < -0.39 is 0 Å². The minimum Gasteiger partial charge on any atom is -0.396 e. The Morgan fingerprint density at radius 1 is 1.35 bits per heavy atom. The number of hydrogen-bond acceptors (Lipinski definition) is 4. The summed E-state index contributed by atoms with van der Waals surface area (Å²) in [4.78, 5) is 15.2. The molecule has 1 amide bonds. The number of likely N-dealkylation sites (tertiary alicyclic amines) is 1. The third-order valence-corrected chi connectivity index (χ3v) is 4.42. The highest BCUT2D eigenvalue weighted by Crippen LogP contribution is 2.21. The highest BCUT2D eigenvalue weighted by atomic mass is 32.2. The van der Waals surface area contributed by atoms with Crippen molar-refractivity contribution >= 4 is 17.7 Å². The van der Waals surface area contributed by atoms with Gasteiger partial charge in [0.05, 0.1) is 12.7 Å². The minimum atomic E-state index is 0.0418. The molecule has 0 saturated carbocycles. The summed E-state index contributed by atoms with van der Waals surface area (Å²) in [5, 5.41) is 17.6. The molecule has 1 aliphatic heterocycles. The average Bonchev–Trinajstić information content (AvgIpc) is 2.53. The maximum atomic E-state index is 12.3. The van der Waals surface area contributed by atoms with E-state index in [4.69, 9.17) is 10.4 Å². The molecule has 2 rings (SSSR count). The number of piperidine rings is 1. The van der Waals surface area contributed by atoms with Crippen molar-refractivity contribution in [1.82, 2.24) is 4.90 Å². The van der Waals surface area contributed by atoms with Crippen molar-refractivity contribution in [2.45, 2.75) is 17.7 Å². The second-order valence-electron chi connectivity index (χ2n) is 4.79. The van der Waals surface area contributed by atoms with Gasteiger partial charge in [-0.2, -0.15) is 5.26 Å². The number of carbonyl (C=O) groups is 1. The molecule has 0 aromatic heterocycles. The van der Waals surface area contributed by atoms with Gasteiger partial charge in [-0.05, 0) is 37.1 Å². The Morgan fingerprint density at radius 2 is 2.00 bits per heavy atom. The number of benzene rings is 1.